The van der Waals surface area contributed by atoms with Gasteiger partial charge in [-0.1, -0.05) is 25.4 Å². The standard InChI is InChI=1S/C13H14ClFN2S/c1-7(2)12(16)13-17-11(6-18-13)8-3-4-10(15)9(14)5-8/h3-7,12H,16H2,1-2H3. The summed E-state index contributed by atoms with van der Waals surface area (Å²) in [7, 11) is 0. The quantitative estimate of drug-likeness (QED) is 0.915. The summed E-state index contributed by atoms with van der Waals surface area (Å²) in [6.45, 7) is 4.11. The molecule has 0 aliphatic heterocycles. The molecular formula is C13H14ClFN2S. The number of aromatic nitrogens is 1. The topological polar surface area (TPSA) is 38.9 Å². The SMILES string of the molecule is CC(C)C(N)c1nc(-c2ccc(F)c(Cl)c2)cs1. The molecule has 1 unspecified atom stereocenters. The van der Waals surface area contributed by atoms with Crippen molar-refractivity contribution in [2.75, 3.05) is 0 Å². The first-order chi connectivity index (χ1) is 8.49. The van der Waals surface area contributed by atoms with Crippen molar-refractivity contribution in [1.29, 1.82) is 0 Å². The minimum atomic E-state index is -0.422. The summed E-state index contributed by atoms with van der Waals surface area (Å²) < 4.78 is 13.1. The molecule has 1 aromatic carbocycles. The van der Waals surface area contributed by atoms with Crippen LogP contribution in [0.25, 0.3) is 11.3 Å². The van der Waals surface area contributed by atoms with E-state index in [-0.39, 0.29) is 11.1 Å². The van der Waals surface area contributed by atoms with Crippen molar-refractivity contribution in [2.24, 2.45) is 11.7 Å². The van der Waals surface area contributed by atoms with Gasteiger partial charge in [0.1, 0.15) is 10.8 Å². The summed E-state index contributed by atoms with van der Waals surface area (Å²) in [4.78, 5) is 4.48. The van der Waals surface area contributed by atoms with E-state index in [1.165, 1.54) is 17.4 Å². The lowest BCUT2D eigenvalue weighted by Gasteiger charge is -2.11. The van der Waals surface area contributed by atoms with E-state index in [4.69, 9.17) is 17.3 Å². The fourth-order valence-corrected chi connectivity index (χ4v) is 2.70. The average molecular weight is 285 g/mol. The highest BCUT2D eigenvalue weighted by atomic mass is 35.5. The molecular weight excluding hydrogens is 271 g/mol. The number of thiazole rings is 1. The second-order valence-corrected chi connectivity index (χ2v) is 5.77. The van der Waals surface area contributed by atoms with Crippen LogP contribution in [-0.4, -0.2) is 4.98 Å². The van der Waals surface area contributed by atoms with Crippen molar-refractivity contribution in [3.05, 3.63) is 39.4 Å². The molecule has 5 heteroatoms. The van der Waals surface area contributed by atoms with E-state index in [9.17, 15) is 4.39 Å². The van der Waals surface area contributed by atoms with Crippen LogP contribution in [0, 0.1) is 11.7 Å². The lowest BCUT2D eigenvalue weighted by Crippen LogP contribution is -2.16. The van der Waals surface area contributed by atoms with Gasteiger partial charge in [0.05, 0.1) is 16.8 Å². The van der Waals surface area contributed by atoms with Gasteiger partial charge in [-0.25, -0.2) is 9.37 Å². The maximum atomic E-state index is 13.1. The lowest BCUT2D eigenvalue weighted by molar-refractivity contribution is 0.512. The van der Waals surface area contributed by atoms with E-state index < -0.39 is 5.82 Å². The fourth-order valence-electron chi connectivity index (χ4n) is 1.51. The maximum Gasteiger partial charge on any atom is 0.141 e. The van der Waals surface area contributed by atoms with Crippen LogP contribution < -0.4 is 5.73 Å². The Morgan fingerprint density at radius 2 is 2.11 bits per heavy atom. The molecule has 0 aliphatic carbocycles. The zero-order chi connectivity index (χ0) is 13.3. The molecule has 0 amide bonds. The fraction of sp³-hybridized carbons (Fsp3) is 0.308. The van der Waals surface area contributed by atoms with E-state index in [1.54, 1.807) is 12.1 Å². The highest BCUT2D eigenvalue weighted by molar-refractivity contribution is 7.10. The van der Waals surface area contributed by atoms with Gasteiger partial charge in [0.15, 0.2) is 0 Å². The molecule has 0 radical (unpaired) electrons. The summed E-state index contributed by atoms with van der Waals surface area (Å²) in [6, 6.07) is 4.52. The molecule has 0 fully saturated rings. The zero-order valence-electron chi connectivity index (χ0n) is 10.2. The number of hydrogen-bond donors (Lipinski definition) is 1. The molecule has 18 heavy (non-hydrogen) atoms. The molecule has 0 saturated heterocycles. The van der Waals surface area contributed by atoms with Crippen LogP contribution in [0.3, 0.4) is 0 Å². The van der Waals surface area contributed by atoms with E-state index in [2.05, 4.69) is 18.8 Å². The summed E-state index contributed by atoms with van der Waals surface area (Å²) in [5, 5.41) is 2.91. The van der Waals surface area contributed by atoms with Gasteiger partial charge >= 0.3 is 0 Å². The second kappa shape index (κ2) is 5.34. The Hall–Kier alpha value is -0.970. The Morgan fingerprint density at radius 1 is 1.39 bits per heavy atom. The summed E-state index contributed by atoms with van der Waals surface area (Å²) in [5.74, 6) is -0.0874. The van der Waals surface area contributed by atoms with Crippen molar-refractivity contribution >= 4 is 22.9 Å². The predicted octanol–water partition coefficient (Wildman–Crippen LogP) is 4.26. The summed E-state index contributed by atoms with van der Waals surface area (Å²) in [5.41, 5.74) is 7.64. The Bertz CT molecular complexity index is 554. The van der Waals surface area contributed by atoms with E-state index in [1.807, 2.05) is 5.38 Å². The number of rotatable bonds is 3. The van der Waals surface area contributed by atoms with Crippen molar-refractivity contribution in [3.8, 4) is 11.3 Å². The number of benzene rings is 1. The van der Waals surface area contributed by atoms with Gasteiger partial charge in [0, 0.05) is 10.9 Å². The Labute approximate surface area is 115 Å². The molecule has 2 N–H and O–H groups in total. The van der Waals surface area contributed by atoms with Gasteiger partial charge in [-0.15, -0.1) is 11.3 Å². The van der Waals surface area contributed by atoms with Crippen LogP contribution in [0.5, 0.6) is 0 Å². The van der Waals surface area contributed by atoms with Crippen LogP contribution in [0.15, 0.2) is 23.6 Å². The molecule has 0 spiro atoms. The highest BCUT2D eigenvalue weighted by Gasteiger charge is 2.15. The minimum Gasteiger partial charge on any atom is -0.322 e. The van der Waals surface area contributed by atoms with Gasteiger partial charge in [-0.2, -0.15) is 0 Å². The Morgan fingerprint density at radius 3 is 2.72 bits per heavy atom. The number of hydrogen-bond acceptors (Lipinski definition) is 3. The van der Waals surface area contributed by atoms with Crippen LogP contribution in [0.4, 0.5) is 4.39 Å². The highest BCUT2D eigenvalue weighted by Crippen LogP contribution is 2.29. The molecule has 2 rings (SSSR count). The van der Waals surface area contributed by atoms with Gasteiger partial charge in [0.25, 0.3) is 0 Å². The monoisotopic (exact) mass is 284 g/mol. The van der Waals surface area contributed by atoms with Crippen LogP contribution in [0.1, 0.15) is 24.9 Å². The molecule has 0 saturated carbocycles. The van der Waals surface area contributed by atoms with Crippen molar-refractivity contribution < 1.29 is 4.39 Å². The minimum absolute atomic E-state index is 0.0697. The Kier molecular flexibility index (Phi) is 4.00. The van der Waals surface area contributed by atoms with Crippen molar-refractivity contribution in [2.45, 2.75) is 19.9 Å². The molecule has 1 heterocycles. The van der Waals surface area contributed by atoms with Gasteiger partial charge in [0.2, 0.25) is 0 Å². The van der Waals surface area contributed by atoms with Crippen LogP contribution in [0.2, 0.25) is 5.02 Å². The number of halogens is 2. The first-order valence-corrected chi connectivity index (χ1v) is 6.91. The molecule has 2 nitrogen and oxygen atoms in total. The third kappa shape index (κ3) is 2.71. The predicted molar refractivity (Wildman–Crippen MR) is 74.3 cm³/mol. The zero-order valence-corrected chi connectivity index (χ0v) is 11.7. The lowest BCUT2D eigenvalue weighted by atomic mass is 10.1. The normalized spacial score (nSPS) is 13.0. The van der Waals surface area contributed by atoms with E-state index >= 15 is 0 Å². The number of nitrogens with two attached hydrogens (primary N) is 1. The first kappa shape index (κ1) is 13.5. The second-order valence-electron chi connectivity index (χ2n) is 4.47. The largest absolute Gasteiger partial charge is 0.322 e. The molecule has 96 valence electrons. The van der Waals surface area contributed by atoms with Crippen LogP contribution in [-0.2, 0) is 0 Å². The van der Waals surface area contributed by atoms with Gasteiger partial charge in [-0.05, 0) is 24.1 Å². The van der Waals surface area contributed by atoms with Crippen LogP contribution >= 0.6 is 22.9 Å². The maximum absolute atomic E-state index is 13.1. The molecule has 1 aromatic heterocycles. The molecule has 1 atom stereocenters. The van der Waals surface area contributed by atoms with Crippen molar-refractivity contribution in [3.63, 3.8) is 0 Å². The smallest absolute Gasteiger partial charge is 0.141 e. The first-order valence-electron chi connectivity index (χ1n) is 5.65. The van der Waals surface area contributed by atoms with E-state index in [0.717, 1.165) is 16.3 Å². The average Bonchev–Trinajstić information content (AvgIpc) is 2.81. The molecule has 2 aromatic rings. The third-order valence-electron chi connectivity index (χ3n) is 2.74. The summed E-state index contributed by atoms with van der Waals surface area (Å²) >= 11 is 7.28. The third-order valence-corrected chi connectivity index (χ3v) is 3.98. The van der Waals surface area contributed by atoms with Gasteiger partial charge in [-0.3, -0.25) is 0 Å². The Balaban J connectivity index is 2.32. The van der Waals surface area contributed by atoms with E-state index in [0.29, 0.717) is 5.92 Å². The van der Waals surface area contributed by atoms with Gasteiger partial charge < -0.3 is 5.73 Å². The summed E-state index contributed by atoms with van der Waals surface area (Å²) in [6.07, 6.45) is 0. The number of nitrogens with zero attached hydrogens (tertiary/aromatic N) is 1. The molecule has 0 bridgehead atoms. The van der Waals surface area contributed by atoms with Crippen molar-refractivity contribution in [1.82, 2.24) is 4.98 Å². The molecule has 0 aliphatic rings.